The number of unbranched alkanes of at least 4 members (excludes halogenated alkanes) is 2. The summed E-state index contributed by atoms with van der Waals surface area (Å²) < 4.78 is 39.7. The molecule has 0 atom stereocenters. The van der Waals surface area contributed by atoms with Crippen LogP contribution in [0.1, 0.15) is 50.2 Å². The number of carbonyl (C=O) groups excluding carboxylic acids is 2. The highest BCUT2D eigenvalue weighted by molar-refractivity contribution is 9.10. The van der Waals surface area contributed by atoms with Gasteiger partial charge >= 0.3 is 11.9 Å². The first-order valence-corrected chi connectivity index (χ1v) is 18.1. The van der Waals surface area contributed by atoms with E-state index in [1.165, 1.54) is 59.8 Å². The molecule has 0 spiro atoms. The summed E-state index contributed by atoms with van der Waals surface area (Å²) >= 11 is 3.40. The van der Waals surface area contributed by atoms with Gasteiger partial charge in [0.15, 0.2) is 5.69 Å². The number of halogens is 3. The van der Waals surface area contributed by atoms with Crippen molar-refractivity contribution in [2.45, 2.75) is 51.4 Å². The summed E-state index contributed by atoms with van der Waals surface area (Å²) in [7, 11) is 2.70. The van der Waals surface area contributed by atoms with Crippen LogP contribution < -0.4 is 11.1 Å². The number of benzene rings is 4. The van der Waals surface area contributed by atoms with Crippen LogP contribution in [-0.2, 0) is 31.9 Å². The molecule has 0 aliphatic heterocycles. The van der Waals surface area contributed by atoms with Gasteiger partial charge in [0, 0.05) is 30.2 Å². The van der Waals surface area contributed by atoms with Crippen LogP contribution >= 0.6 is 15.9 Å². The van der Waals surface area contributed by atoms with E-state index in [1.807, 2.05) is 0 Å². The molecule has 0 saturated heterocycles. The molecular weight excluding hydrogens is 776 g/mol. The van der Waals surface area contributed by atoms with Crippen molar-refractivity contribution in [1.29, 1.82) is 0 Å². The molecule has 0 N–H and O–H groups in total. The summed E-state index contributed by atoms with van der Waals surface area (Å²) in [4.78, 5) is 61.4. The Morgan fingerprint density at radius 2 is 1.11 bits per heavy atom. The van der Waals surface area contributed by atoms with Gasteiger partial charge in [0.2, 0.25) is 0 Å². The van der Waals surface area contributed by atoms with Gasteiger partial charge in [-0.05, 0) is 98.5 Å². The number of rotatable bonds is 12. The van der Waals surface area contributed by atoms with Gasteiger partial charge in [-0.15, -0.1) is 0 Å². The molecule has 0 aliphatic rings. The van der Waals surface area contributed by atoms with Gasteiger partial charge < -0.3 is 9.47 Å². The summed E-state index contributed by atoms with van der Waals surface area (Å²) in [5, 5.41) is 0.871. The molecule has 282 valence electrons. The van der Waals surface area contributed by atoms with Gasteiger partial charge in [0.25, 0.3) is 11.1 Å². The number of esters is 2. The summed E-state index contributed by atoms with van der Waals surface area (Å²) in [6.45, 7) is 7.15. The second-order valence-electron chi connectivity index (χ2n) is 12.3. The predicted octanol–water partition coefficient (Wildman–Crippen LogP) is 8.13. The fraction of sp³-hybridized carbons (Fsp3) is 0.244. The average molecular weight is 813 g/mol. The number of methoxy groups -OCH3 is 2. The number of hydrogen-bond donors (Lipinski definition) is 0. The van der Waals surface area contributed by atoms with Gasteiger partial charge in [-0.2, -0.15) is 0 Å². The van der Waals surface area contributed by atoms with Crippen LogP contribution in [0.25, 0.3) is 38.0 Å². The minimum Gasteiger partial charge on any atom is -0.469 e. The zero-order valence-electron chi connectivity index (χ0n) is 30.1. The Morgan fingerprint density at radius 1 is 0.673 bits per heavy atom. The summed E-state index contributed by atoms with van der Waals surface area (Å²) in [6, 6.07) is 21.4. The van der Waals surface area contributed by atoms with Crippen molar-refractivity contribution in [1.82, 2.24) is 19.1 Å². The average Bonchev–Trinajstić information content (AvgIpc) is 3.19. The fourth-order valence-corrected chi connectivity index (χ4v) is 6.20. The van der Waals surface area contributed by atoms with Gasteiger partial charge in [0.1, 0.15) is 23.3 Å². The normalized spacial score (nSPS) is 10.8. The Morgan fingerprint density at radius 3 is 1.55 bits per heavy atom. The van der Waals surface area contributed by atoms with Crippen LogP contribution in [-0.4, -0.2) is 45.3 Å². The van der Waals surface area contributed by atoms with E-state index in [0.717, 1.165) is 4.47 Å². The maximum Gasteiger partial charge on any atom is 0.305 e. The lowest BCUT2D eigenvalue weighted by molar-refractivity contribution is -0.141. The number of fused-ring (bicyclic) bond motifs is 2. The minimum atomic E-state index is -0.396. The minimum absolute atomic E-state index is 0.206. The van der Waals surface area contributed by atoms with Crippen molar-refractivity contribution in [3.63, 3.8) is 0 Å². The van der Waals surface area contributed by atoms with E-state index in [9.17, 15) is 28.0 Å². The number of ether oxygens (including phenoxy) is 2. The molecular formula is C41H36BrF2N5O6. The SMILES string of the molecule is COC(=O)CCCCc1nc2cc(Br)ccc2c(=O)n1-c1ccc(F)cc1.[C-]#[N+]c1ccc2c(=O)n(-c3ccc(F)cc3)c(CCCCC(=O)OC)nc2c1. The Labute approximate surface area is 323 Å². The second kappa shape index (κ2) is 18.8. The van der Waals surface area contributed by atoms with E-state index in [2.05, 4.69) is 40.2 Å². The van der Waals surface area contributed by atoms with Crippen LogP contribution in [0.15, 0.2) is 99.0 Å². The second-order valence-corrected chi connectivity index (χ2v) is 13.2. The molecule has 6 rings (SSSR count). The number of aryl methyl sites for hydroxylation is 2. The molecule has 0 aliphatic carbocycles. The van der Waals surface area contributed by atoms with Gasteiger partial charge in [-0.1, -0.05) is 28.1 Å². The Bertz CT molecular complexity index is 2500. The number of aromatic nitrogens is 4. The zero-order chi connectivity index (χ0) is 39.5. The predicted molar refractivity (Wildman–Crippen MR) is 208 cm³/mol. The number of hydrogen-bond acceptors (Lipinski definition) is 8. The highest BCUT2D eigenvalue weighted by Crippen LogP contribution is 2.22. The van der Waals surface area contributed by atoms with Crippen LogP contribution in [0.5, 0.6) is 0 Å². The standard InChI is InChI=1S/C21H18FN3O3.C20H18BrFN2O3/c1-23-15-9-12-17-18(13-15)24-19(5-3-4-6-20(26)28-2)25(21(17)27)16-10-7-14(22)8-11-16;1-27-19(25)5-3-2-4-18-23-17-12-13(21)6-11-16(17)20(26)24(18)15-9-7-14(22)8-10-15/h7-13H,3-6H2,2H3;6-12H,2-5H2,1H3. The number of nitrogens with zero attached hydrogens (tertiary/aromatic N) is 5. The molecule has 6 aromatic rings. The molecule has 0 fully saturated rings. The molecule has 14 heteroatoms. The van der Waals surface area contributed by atoms with Crippen molar-refractivity contribution in [2.75, 3.05) is 14.2 Å². The smallest absolute Gasteiger partial charge is 0.305 e. The molecule has 0 radical (unpaired) electrons. The molecule has 0 amide bonds. The highest BCUT2D eigenvalue weighted by atomic mass is 79.9. The van der Waals surface area contributed by atoms with Crippen LogP contribution in [0.3, 0.4) is 0 Å². The van der Waals surface area contributed by atoms with Crippen LogP contribution in [0.4, 0.5) is 14.5 Å². The molecule has 4 aromatic carbocycles. The lowest BCUT2D eigenvalue weighted by Crippen LogP contribution is -2.24. The zero-order valence-corrected chi connectivity index (χ0v) is 31.6. The molecule has 55 heavy (non-hydrogen) atoms. The molecule has 2 aromatic heterocycles. The van der Waals surface area contributed by atoms with E-state index >= 15 is 0 Å². The monoisotopic (exact) mass is 811 g/mol. The van der Waals surface area contributed by atoms with E-state index in [1.54, 1.807) is 48.5 Å². The van der Waals surface area contributed by atoms with E-state index < -0.39 is 5.82 Å². The lowest BCUT2D eigenvalue weighted by Gasteiger charge is -2.14. The first kappa shape index (κ1) is 40.1. The van der Waals surface area contributed by atoms with Crippen molar-refractivity contribution < 1.29 is 27.8 Å². The van der Waals surface area contributed by atoms with Gasteiger partial charge in [-0.25, -0.2) is 23.6 Å². The maximum atomic E-state index is 13.3. The summed E-state index contributed by atoms with van der Waals surface area (Å²) in [6.07, 6.45) is 4.06. The Kier molecular flexibility index (Phi) is 13.7. The van der Waals surface area contributed by atoms with E-state index in [0.29, 0.717) is 95.5 Å². The third-order valence-electron chi connectivity index (χ3n) is 8.64. The fourth-order valence-electron chi connectivity index (χ4n) is 5.85. The van der Waals surface area contributed by atoms with Crippen LogP contribution in [0, 0.1) is 18.2 Å². The first-order chi connectivity index (χ1) is 26.5. The van der Waals surface area contributed by atoms with Crippen LogP contribution in [0.2, 0.25) is 0 Å². The van der Waals surface area contributed by atoms with Crippen molar-refractivity contribution in [3.05, 3.63) is 145 Å². The van der Waals surface area contributed by atoms with Gasteiger partial charge in [0.05, 0.1) is 54.0 Å². The van der Waals surface area contributed by atoms with Crippen molar-refractivity contribution >= 4 is 55.4 Å². The van der Waals surface area contributed by atoms with Crippen molar-refractivity contribution in [2.24, 2.45) is 0 Å². The molecule has 0 bridgehead atoms. The molecule has 0 unspecified atom stereocenters. The Balaban J connectivity index is 0.000000211. The topological polar surface area (TPSA) is 127 Å². The third-order valence-corrected chi connectivity index (χ3v) is 9.13. The summed E-state index contributed by atoms with van der Waals surface area (Å²) in [5.41, 5.74) is 2.02. The largest absolute Gasteiger partial charge is 0.469 e. The van der Waals surface area contributed by atoms with E-state index in [4.69, 9.17) is 6.57 Å². The number of carbonyl (C=O) groups is 2. The summed E-state index contributed by atoms with van der Waals surface area (Å²) in [5.74, 6) is -0.250. The molecule has 11 nitrogen and oxygen atoms in total. The lowest BCUT2D eigenvalue weighted by atomic mass is 10.1. The molecule has 0 saturated carbocycles. The maximum absolute atomic E-state index is 13.3. The first-order valence-electron chi connectivity index (χ1n) is 17.3. The highest BCUT2D eigenvalue weighted by Gasteiger charge is 2.15. The van der Waals surface area contributed by atoms with Gasteiger partial charge in [-0.3, -0.25) is 28.3 Å². The third kappa shape index (κ3) is 10.1. The van der Waals surface area contributed by atoms with E-state index in [-0.39, 0.29) is 35.3 Å². The van der Waals surface area contributed by atoms with Crippen molar-refractivity contribution in [3.8, 4) is 11.4 Å². The molecule has 2 heterocycles. The Hall–Kier alpha value is -6.07. The quantitative estimate of drug-likeness (QED) is 0.0689.